The molecule has 0 heterocycles. The van der Waals surface area contributed by atoms with E-state index in [9.17, 15) is 0 Å². The van der Waals surface area contributed by atoms with Gasteiger partial charge in [-0.15, -0.1) is 0 Å². The first-order valence-electron chi connectivity index (χ1n) is 7.62. The molecule has 3 aromatic rings. The van der Waals surface area contributed by atoms with Crippen molar-refractivity contribution in [1.82, 2.24) is 0 Å². The zero-order chi connectivity index (χ0) is 16.8. The summed E-state index contributed by atoms with van der Waals surface area (Å²) in [6.45, 7) is 0.206. The van der Waals surface area contributed by atoms with Gasteiger partial charge in [0.15, 0.2) is 6.79 Å². The van der Waals surface area contributed by atoms with Crippen molar-refractivity contribution >= 4 is 29.1 Å². The topological polar surface area (TPSA) is 18.5 Å². The Morgan fingerprint density at radius 2 is 1.42 bits per heavy atom. The summed E-state index contributed by atoms with van der Waals surface area (Å²) < 4.78 is 10.7. The highest BCUT2D eigenvalue weighted by Gasteiger charge is 2.19. The molecule has 0 N–H and O–H groups in total. The molecule has 0 bridgehead atoms. The zero-order valence-corrected chi connectivity index (χ0v) is 15.0. The minimum atomic E-state index is -1.06. The summed E-state index contributed by atoms with van der Waals surface area (Å²) in [5, 5.41) is 2.11. The number of hydrogen-bond acceptors (Lipinski definition) is 2. The standard InChI is InChI=1S/C20H18ClO2P/c1-22-15-23-18-12-6-8-14-20(18)24(21)19-13-7-5-11-17(19)16-9-3-2-4-10-16/h2-14H,15H2,1H3. The molecule has 0 aliphatic carbocycles. The van der Waals surface area contributed by atoms with E-state index in [1.807, 2.05) is 54.6 Å². The summed E-state index contributed by atoms with van der Waals surface area (Å²) in [6, 6.07) is 26.4. The van der Waals surface area contributed by atoms with E-state index in [0.717, 1.165) is 27.5 Å². The highest BCUT2D eigenvalue weighted by Crippen LogP contribution is 2.44. The molecule has 0 amide bonds. The first-order valence-corrected chi connectivity index (χ1v) is 9.87. The van der Waals surface area contributed by atoms with Crippen molar-refractivity contribution in [2.75, 3.05) is 13.9 Å². The molecule has 0 spiro atoms. The fraction of sp³-hybridized carbons (Fsp3) is 0.100. The van der Waals surface area contributed by atoms with E-state index in [1.54, 1.807) is 7.11 Å². The zero-order valence-electron chi connectivity index (χ0n) is 13.4. The van der Waals surface area contributed by atoms with Gasteiger partial charge in [-0.2, -0.15) is 0 Å². The van der Waals surface area contributed by atoms with Gasteiger partial charge in [-0.05, 0) is 23.3 Å². The van der Waals surface area contributed by atoms with Crippen LogP contribution in [0.1, 0.15) is 0 Å². The fourth-order valence-corrected chi connectivity index (χ4v) is 4.80. The van der Waals surface area contributed by atoms with Crippen LogP contribution in [0.15, 0.2) is 78.9 Å². The van der Waals surface area contributed by atoms with Crippen molar-refractivity contribution in [2.45, 2.75) is 0 Å². The second kappa shape index (κ2) is 8.30. The lowest BCUT2D eigenvalue weighted by molar-refractivity contribution is 0.0519. The third kappa shape index (κ3) is 3.79. The number of ether oxygens (including phenoxy) is 2. The molecule has 0 radical (unpaired) electrons. The van der Waals surface area contributed by atoms with Crippen molar-refractivity contribution in [3.8, 4) is 16.9 Å². The van der Waals surface area contributed by atoms with Gasteiger partial charge in [0.25, 0.3) is 0 Å². The average molecular weight is 357 g/mol. The van der Waals surface area contributed by atoms with Gasteiger partial charge in [-0.1, -0.05) is 78.0 Å². The van der Waals surface area contributed by atoms with Crippen LogP contribution < -0.4 is 15.3 Å². The molecular formula is C20H18ClO2P. The van der Waals surface area contributed by atoms with E-state index in [-0.39, 0.29) is 6.79 Å². The lowest BCUT2D eigenvalue weighted by Gasteiger charge is -2.18. The van der Waals surface area contributed by atoms with E-state index in [1.165, 1.54) is 0 Å². The maximum atomic E-state index is 6.91. The van der Waals surface area contributed by atoms with Gasteiger partial charge in [-0.25, -0.2) is 0 Å². The Kier molecular flexibility index (Phi) is 5.87. The van der Waals surface area contributed by atoms with Crippen molar-refractivity contribution in [1.29, 1.82) is 0 Å². The number of hydrogen-bond donors (Lipinski definition) is 0. The van der Waals surface area contributed by atoms with Crippen LogP contribution in [0.4, 0.5) is 0 Å². The second-order valence-electron chi connectivity index (χ2n) is 5.18. The summed E-state index contributed by atoms with van der Waals surface area (Å²) in [5.41, 5.74) is 2.32. The van der Waals surface area contributed by atoms with Crippen molar-refractivity contribution in [3.63, 3.8) is 0 Å². The minimum Gasteiger partial charge on any atom is -0.467 e. The van der Waals surface area contributed by atoms with Crippen molar-refractivity contribution in [3.05, 3.63) is 78.9 Å². The summed E-state index contributed by atoms with van der Waals surface area (Å²) in [4.78, 5) is 0. The molecule has 4 heteroatoms. The third-order valence-electron chi connectivity index (χ3n) is 3.61. The van der Waals surface area contributed by atoms with Gasteiger partial charge in [0.05, 0.1) is 7.27 Å². The third-order valence-corrected chi connectivity index (χ3v) is 6.31. The normalized spacial score (nSPS) is 11.9. The first kappa shape index (κ1) is 17.0. The van der Waals surface area contributed by atoms with Gasteiger partial charge >= 0.3 is 0 Å². The average Bonchev–Trinajstić information content (AvgIpc) is 2.67. The number of halogens is 1. The van der Waals surface area contributed by atoms with Gasteiger partial charge in [0, 0.05) is 17.7 Å². The summed E-state index contributed by atoms with van der Waals surface area (Å²) >= 11 is 6.91. The monoisotopic (exact) mass is 356 g/mol. The summed E-state index contributed by atoms with van der Waals surface area (Å²) in [5.74, 6) is 0.767. The lowest BCUT2D eigenvalue weighted by Crippen LogP contribution is -2.14. The first-order chi connectivity index (χ1) is 11.8. The Hall–Kier alpha value is -1.86. The maximum absolute atomic E-state index is 6.91. The molecule has 1 unspecified atom stereocenters. The van der Waals surface area contributed by atoms with E-state index in [0.29, 0.717) is 0 Å². The van der Waals surface area contributed by atoms with Crippen LogP contribution in [0.2, 0.25) is 0 Å². The molecule has 0 aliphatic heterocycles. The Morgan fingerprint density at radius 1 is 0.792 bits per heavy atom. The Morgan fingerprint density at radius 3 is 2.17 bits per heavy atom. The van der Waals surface area contributed by atoms with Crippen molar-refractivity contribution in [2.24, 2.45) is 0 Å². The van der Waals surface area contributed by atoms with E-state index < -0.39 is 7.27 Å². The molecule has 3 rings (SSSR count). The predicted octanol–water partition coefficient (Wildman–Crippen LogP) is 4.92. The quantitative estimate of drug-likeness (QED) is 0.461. The van der Waals surface area contributed by atoms with Crippen LogP contribution in [0.5, 0.6) is 5.75 Å². The molecule has 2 nitrogen and oxygen atoms in total. The predicted molar refractivity (Wildman–Crippen MR) is 103 cm³/mol. The fourth-order valence-electron chi connectivity index (χ4n) is 2.50. The van der Waals surface area contributed by atoms with E-state index in [2.05, 4.69) is 24.3 Å². The number of benzene rings is 3. The van der Waals surface area contributed by atoms with E-state index >= 15 is 0 Å². The molecule has 122 valence electrons. The molecule has 0 aliphatic rings. The van der Waals surface area contributed by atoms with Crippen LogP contribution in [0.3, 0.4) is 0 Å². The van der Waals surface area contributed by atoms with E-state index in [4.69, 9.17) is 20.7 Å². The molecule has 3 aromatic carbocycles. The largest absolute Gasteiger partial charge is 0.467 e. The van der Waals surface area contributed by atoms with Crippen molar-refractivity contribution < 1.29 is 9.47 Å². The minimum absolute atomic E-state index is 0.206. The number of methoxy groups -OCH3 is 1. The molecule has 0 saturated carbocycles. The molecule has 24 heavy (non-hydrogen) atoms. The van der Waals surface area contributed by atoms with Crippen LogP contribution in [0, 0.1) is 0 Å². The SMILES string of the molecule is COCOc1ccccc1P(Cl)c1ccccc1-c1ccccc1. The molecule has 0 saturated heterocycles. The van der Waals surface area contributed by atoms with Gasteiger partial charge in [-0.3, -0.25) is 0 Å². The Balaban J connectivity index is 2.01. The van der Waals surface area contributed by atoms with Crippen LogP contribution in [-0.2, 0) is 4.74 Å². The van der Waals surface area contributed by atoms with Gasteiger partial charge in [0.2, 0.25) is 0 Å². The molecule has 0 aromatic heterocycles. The number of rotatable bonds is 6. The highest BCUT2D eigenvalue weighted by molar-refractivity contribution is 7.96. The summed E-state index contributed by atoms with van der Waals surface area (Å²) in [7, 11) is 0.547. The second-order valence-corrected chi connectivity index (χ2v) is 7.72. The van der Waals surface area contributed by atoms with Gasteiger partial charge < -0.3 is 9.47 Å². The summed E-state index contributed by atoms with van der Waals surface area (Å²) in [6.07, 6.45) is 0. The Bertz CT molecular complexity index is 792. The number of para-hydroxylation sites is 1. The maximum Gasteiger partial charge on any atom is 0.188 e. The highest BCUT2D eigenvalue weighted by atomic mass is 35.7. The lowest BCUT2D eigenvalue weighted by atomic mass is 10.1. The van der Waals surface area contributed by atoms with Crippen LogP contribution in [0.25, 0.3) is 11.1 Å². The smallest absolute Gasteiger partial charge is 0.188 e. The van der Waals surface area contributed by atoms with Crippen LogP contribution >= 0.6 is 18.5 Å². The molecule has 1 atom stereocenters. The Labute approximate surface area is 148 Å². The van der Waals surface area contributed by atoms with Gasteiger partial charge in [0.1, 0.15) is 5.75 Å². The molecule has 0 fully saturated rings. The molecular weight excluding hydrogens is 339 g/mol. The van der Waals surface area contributed by atoms with Crippen LogP contribution in [-0.4, -0.2) is 13.9 Å².